The number of hydrogen-bond acceptors (Lipinski definition) is 5. The van der Waals surface area contributed by atoms with E-state index < -0.39 is 10.0 Å². The molecule has 0 aliphatic carbocycles. The summed E-state index contributed by atoms with van der Waals surface area (Å²) in [5, 5.41) is 9.19. The highest BCUT2D eigenvalue weighted by Gasteiger charge is 2.14. The van der Waals surface area contributed by atoms with Gasteiger partial charge in [0.2, 0.25) is 10.0 Å². The van der Waals surface area contributed by atoms with E-state index in [1.807, 2.05) is 31.2 Å². The van der Waals surface area contributed by atoms with E-state index in [0.717, 1.165) is 22.6 Å². The zero-order valence-electron chi connectivity index (χ0n) is 12.6. The second-order valence-electron chi connectivity index (χ2n) is 4.97. The van der Waals surface area contributed by atoms with Gasteiger partial charge < -0.3 is 10.1 Å². The van der Waals surface area contributed by atoms with Gasteiger partial charge in [-0.25, -0.2) is 13.6 Å². The Hall–Kier alpha value is -1.90. The second kappa shape index (κ2) is 7.58. The normalized spacial score (nSPS) is 11.2. The third-order valence-electron chi connectivity index (χ3n) is 2.98. The molecule has 3 N–H and O–H groups in total. The van der Waals surface area contributed by atoms with E-state index in [1.165, 1.54) is 11.4 Å². The van der Waals surface area contributed by atoms with Crippen LogP contribution in [0.15, 0.2) is 39.9 Å². The van der Waals surface area contributed by atoms with Crippen molar-refractivity contribution in [2.24, 2.45) is 5.14 Å². The third-order valence-corrected chi connectivity index (χ3v) is 5.37. The van der Waals surface area contributed by atoms with Gasteiger partial charge in [-0.15, -0.1) is 11.3 Å². The van der Waals surface area contributed by atoms with Crippen molar-refractivity contribution in [2.75, 3.05) is 13.2 Å². The van der Waals surface area contributed by atoms with Crippen molar-refractivity contribution >= 4 is 27.3 Å². The van der Waals surface area contributed by atoms with Crippen LogP contribution in [0, 0.1) is 6.92 Å². The molecule has 0 radical (unpaired) electrons. The van der Waals surface area contributed by atoms with E-state index in [4.69, 9.17) is 9.88 Å². The van der Waals surface area contributed by atoms with Crippen molar-refractivity contribution in [1.29, 1.82) is 0 Å². The van der Waals surface area contributed by atoms with E-state index in [-0.39, 0.29) is 10.1 Å². The van der Waals surface area contributed by atoms with E-state index in [1.54, 1.807) is 0 Å². The standard InChI is InChI=1S/C15H18N2O4S2/c1-11-4-2-5-13(8-11)21-7-3-6-17-15(18)12-9-14(22-10-12)23(16,19)20/h2,4-5,8-10H,3,6-7H2,1H3,(H,17,18)(H2,16,19,20). The Balaban J connectivity index is 1.74. The highest BCUT2D eigenvalue weighted by molar-refractivity contribution is 7.91. The van der Waals surface area contributed by atoms with Gasteiger partial charge in [0.1, 0.15) is 9.96 Å². The third kappa shape index (κ3) is 5.34. The monoisotopic (exact) mass is 354 g/mol. The van der Waals surface area contributed by atoms with Crippen LogP contribution in [0.2, 0.25) is 0 Å². The number of ether oxygens (including phenoxy) is 1. The van der Waals surface area contributed by atoms with E-state index in [0.29, 0.717) is 25.1 Å². The number of sulfonamides is 1. The molecule has 0 spiro atoms. The molecule has 23 heavy (non-hydrogen) atoms. The van der Waals surface area contributed by atoms with Crippen LogP contribution in [-0.4, -0.2) is 27.5 Å². The van der Waals surface area contributed by atoms with Gasteiger partial charge in [0, 0.05) is 11.9 Å². The predicted molar refractivity (Wildman–Crippen MR) is 89.3 cm³/mol. The zero-order chi connectivity index (χ0) is 16.9. The average Bonchev–Trinajstić information content (AvgIpc) is 2.97. The minimum Gasteiger partial charge on any atom is -0.494 e. The summed E-state index contributed by atoms with van der Waals surface area (Å²) in [7, 11) is -3.76. The van der Waals surface area contributed by atoms with Gasteiger partial charge in [-0.05, 0) is 37.1 Å². The minimum absolute atomic E-state index is 0.0227. The quantitative estimate of drug-likeness (QED) is 0.742. The van der Waals surface area contributed by atoms with Gasteiger partial charge >= 0.3 is 0 Å². The van der Waals surface area contributed by atoms with Gasteiger partial charge in [0.25, 0.3) is 5.91 Å². The largest absolute Gasteiger partial charge is 0.494 e. The number of primary sulfonamides is 1. The van der Waals surface area contributed by atoms with Crippen molar-refractivity contribution in [3.05, 3.63) is 46.8 Å². The summed E-state index contributed by atoms with van der Waals surface area (Å²) in [6, 6.07) is 9.01. The molecular weight excluding hydrogens is 336 g/mol. The molecule has 1 amide bonds. The Labute approximate surface area is 139 Å². The lowest BCUT2D eigenvalue weighted by Crippen LogP contribution is -2.25. The highest BCUT2D eigenvalue weighted by Crippen LogP contribution is 2.18. The number of carbonyl (C=O) groups excluding carboxylic acids is 1. The molecule has 0 bridgehead atoms. The number of rotatable bonds is 7. The van der Waals surface area contributed by atoms with Crippen LogP contribution < -0.4 is 15.2 Å². The molecule has 124 valence electrons. The SMILES string of the molecule is Cc1cccc(OCCCNC(=O)c2csc(S(N)(=O)=O)c2)c1. The number of aryl methyl sites for hydroxylation is 1. The number of hydrogen-bond donors (Lipinski definition) is 2. The van der Waals surface area contributed by atoms with E-state index in [9.17, 15) is 13.2 Å². The molecule has 0 aliphatic heterocycles. The molecule has 2 rings (SSSR count). The topological polar surface area (TPSA) is 98.5 Å². The van der Waals surface area contributed by atoms with Gasteiger partial charge in [-0.2, -0.15) is 0 Å². The van der Waals surface area contributed by atoms with Gasteiger partial charge in [0.15, 0.2) is 0 Å². The summed E-state index contributed by atoms with van der Waals surface area (Å²) in [4.78, 5) is 11.9. The van der Waals surface area contributed by atoms with Crippen LogP contribution in [0.4, 0.5) is 0 Å². The number of nitrogens with two attached hydrogens (primary N) is 1. The van der Waals surface area contributed by atoms with Gasteiger partial charge in [-0.3, -0.25) is 4.79 Å². The van der Waals surface area contributed by atoms with Gasteiger partial charge in [-0.1, -0.05) is 12.1 Å². The summed E-state index contributed by atoms with van der Waals surface area (Å²) >= 11 is 0.929. The number of amides is 1. The summed E-state index contributed by atoms with van der Waals surface area (Å²) in [5.74, 6) is 0.471. The van der Waals surface area contributed by atoms with Crippen LogP contribution in [0.5, 0.6) is 5.75 Å². The maximum absolute atomic E-state index is 11.9. The number of benzene rings is 1. The van der Waals surface area contributed by atoms with Crippen LogP contribution in [-0.2, 0) is 10.0 Å². The number of carbonyl (C=O) groups is 1. The Morgan fingerprint density at radius 1 is 1.35 bits per heavy atom. The summed E-state index contributed by atoms with van der Waals surface area (Å²) < 4.78 is 27.9. The lowest BCUT2D eigenvalue weighted by Gasteiger charge is -2.07. The molecule has 0 unspecified atom stereocenters. The smallest absolute Gasteiger partial charge is 0.252 e. The van der Waals surface area contributed by atoms with E-state index in [2.05, 4.69) is 5.32 Å². The van der Waals surface area contributed by atoms with Crippen LogP contribution in [0.1, 0.15) is 22.3 Å². The highest BCUT2D eigenvalue weighted by atomic mass is 32.2. The summed E-state index contributed by atoms with van der Waals surface area (Å²) in [5.41, 5.74) is 1.41. The summed E-state index contributed by atoms with van der Waals surface area (Å²) in [6.45, 7) is 2.91. The first-order valence-electron chi connectivity index (χ1n) is 6.95. The molecule has 0 fully saturated rings. The second-order valence-corrected chi connectivity index (χ2v) is 7.67. The molecule has 1 aromatic heterocycles. The maximum atomic E-state index is 11.9. The molecule has 0 saturated heterocycles. The first kappa shape index (κ1) is 17.5. The molecule has 0 aliphatic rings. The number of nitrogens with one attached hydrogen (secondary N) is 1. The molecule has 2 aromatic rings. The fourth-order valence-corrected chi connectivity index (χ4v) is 3.44. The molecular formula is C15H18N2O4S2. The zero-order valence-corrected chi connectivity index (χ0v) is 14.2. The van der Waals surface area contributed by atoms with Crippen molar-refractivity contribution in [1.82, 2.24) is 5.32 Å². The van der Waals surface area contributed by atoms with Crippen molar-refractivity contribution in [2.45, 2.75) is 17.6 Å². The molecule has 1 aromatic carbocycles. The predicted octanol–water partition coefficient (Wildman–Crippen LogP) is 1.90. The maximum Gasteiger partial charge on any atom is 0.252 e. The molecule has 0 saturated carbocycles. The molecule has 6 nitrogen and oxygen atoms in total. The van der Waals surface area contributed by atoms with Crippen molar-refractivity contribution < 1.29 is 17.9 Å². The Kier molecular flexibility index (Phi) is 5.75. The van der Waals surface area contributed by atoms with Crippen LogP contribution >= 0.6 is 11.3 Å². The Morgan fingerprint density at radius 3 is 2.78 bits per heavy atom. The van der Waals surface area contributed by atoms with Crippen LogP contribution in [0.25, 0.3) is 0 Å². The first-order valence-corrected chi connectivity index (χ1v) is 9.38. The Morgan fingerprint density at radius 2 is 2.13 bits per heavy atom. The molecule has 8 heteroatoms. The first-order chi connectivity index (χ1) is 10.9. The minimum atomic E-state index is -3.76. The van der Waals surface area contributed by atoms with Crippen LogP contribution in [0.3, 0.4) is 0 Å². The fourth-order valence-electron chi connectivity index (χ4n) is 1.86. The van der Waals surface area contributed by atoms with E-state index >= 15 is 0 Å². The average molecular weight is 354 g/mol. The van der Waals surface area contributed by atoms with Crippen molar-refractivity contribution in [3.8, 4) is 5.75 Å². The molecule has 0 atom stereocenters. The number of thiophene rings is 1. The molecule has 1 heterocycles. The fraction of sp³-hybridized carbons (Fsp3) is 0.267. The lowest BCUT2D eigenvalue weighted by atomic mass is 10.2. The summed E-state index contributed by atoms with van der Waals surface area (Å²) in [6.07, 6.45) is 0.645. The van der Waals surface area contributed by atoms with Gasteiger partial charge in [0.05, 0.1) is 12.2 Å². The lowest BCUT2D eigenvalue weighted by molar-refractivity contribution is 0.0952. The Bertz CT molecular complexity index is 784. The van der Waals surface area contributed by atoms with Crippen molar-refractivity contribution in [3.63, 3.8) is 0 Å².